The molecule has 0 bridgehead atoms. The van der Waals surface area contributed by atoms with Crippen molar-refractivity contribution >= 4 is 11.9 Å². The average Bonchev–Trinajstić information content (AvgIpc) is 3.32. The molecule has 3 fully saturated rings. The molecule has 7 nitrogen and oxygen atoms in total. The summed E-state index contributed by atoms with van der Waals surface area (Å²) in [7, 11) is 0. The smallest absolute Gasteiger partial charge is 0.407 e. The fourth-order valence-electron chi connectivity index (χ4n) is 3.72. The summed E-state index contributed by atoms with van der Waals surface area (Å²) >= 11 is 0. The van der Waals surface area contributed by atoms with Crippen LogP contribution in [0.25, 0.3) is 0 Å². The number of alkyl carbamates (subject to hydrolysis) is 1. The number of likely N-dealkylation sites (tertiary alicyclic amines) is 1. The molecule has 4 rings (SSSR count). The molecular weight excluding hydrogens is 308 g/mol. The maximum atomic E-state index is 11.1. The highest BCUT2D eigenvalue weighted by Gasteiger charge is 2.30. The van der Waals surface area contributed by atoms with Gasteiger partial charge < -0.3 is 19.7 Å². The Hall–Kier alpha value is -2.02. The molecule has 4 heterocycles. The summed E-state index contributed by atoms with van der Waals surface area (Å²) in [4.78, 5) is 20.3. The van der Waals surface area contributed by atoms with Gasteiger partial charge in [-0.05, 0) is 31.4 Å². The van der Waals surface area contributed by atoms with Crippen LogP contribution in [0.3, 0.4) is 0 Å². The molecule has 130 valence electrons. The molecule has 3 saturated heterocycles. The van der Waals surface area contributed by atoms with Gasteiger partial charge in [0.2, 0.25) is 0 Å². The molecule has 0 spiro atoms. The van der Waals surface area contributed by atoms with Crippen LogP contribution in [0.1, 0.15) is 19.3 Å². The van der Waals surface area contributed by atoms with Gasteiger partial charge in [0.15, 0.2) is 11.6 Å². The van der Waals surface area contributed by atoms with Crippen molar-refractivity contribution in [2.45, 2.75) is 31.4 Å². The number of ether oxygens (including phenoxy) is 2. The lowest BCUT2D eigenvalue weighted by molar-refractivity contribution is 0.173. The molecule has 0 saturated carbocycles. The normalized spacial score (nSPS) is 27.3. The van der Waals surface area contributed by atoms with E-state index < -0.39 is 0 Å². The summed E-state index contributed by atoms with van der Waals surface area (Å²) in [6.07, 6.45) is 5.15. The first-order valence-electron chi connectivity index (χ1n) is 8.80. The largest absolute Gasteiger partial charge is 0.485 e. The number of rotatable bonds is 5. The Balaban J connectivity index is 1.34. The van der Waals surface area contributed by atoms with Crippen LogP contribution in [-0.4, -0.2) is 67.5 Å². The lowest BCUT2D eigenvalue weighted by atomic mass is 10.3. The fourth-order valence-corrected chi connectivity index (χ4v) is 3.72. The van der Waals surface area contributed by atoms with E-state index in [9.17, 15) is 4.79 Å². The van der Waals surface area contributed by atoms with Crippen LogP contribution >= 0.6 is 0 Å². The summed E-state index contributed by atoms with van der Waals surface area (Å²) in [6, 6.07) is 4.05. The number of nitrogens with zero attached hydrogens (tertiary/aromatic N) is 3. The zero-order valence-electron chi connectivity index (χ0n) is 13.8. The SMILES string of the molecule is O=C1NC(CN2CCC(Oc3cccnc3N3CCCC3)C2)CO1. The molecule has 0 aliphatic carbocycles. The van der Waals surface area contributed by atoms with E-state index in [1.165, 1.54) is 12.8 Å². The van der Waals surface area contributed by atoms with Crippen LogP contribution in [0, 0.1) is 0 Å². The third kappa shape index (κ3) is 3.40. The Morgan fingerprint density at radius 1 is 1.33 bits per heavy atom. The predicted molar refractivity (Wildman–Crippen MR) is 89.4 cm³/mol. The van der Waals surface area contributed by atoms with Gasteiger partial charge in [0.1, 0.15) is 12.7 Å². The number of anilines is 1. The van der Waals surface area contributed by atoms with Gasteiger partial charge >= 0.3 is 6.09 Å². The zero-order valence-corrected chi connectivity index (χ0v) is 13.8. The number of aromatic nitrogens is 1. The molecule has 7 heteroatoms. The number of amides is 1. The highest BCUT2D eigenvalue weighted by molar-refractivity contribution is 5.69. The Labute approximate surface area is 141 Å². The van der Waals surface area contributed by atoms with Gasteiger partial charge in [-0.1, -0.05) is 0 Å². The molecule has 1 amide bonds. The Kier molecular flexibility index (Phi) is 4.42. The predicted octanol–water partition coefficient (Wildman–Crippen LogP) is 1.24. The quantitative estimate of drug-likeness (QED) is 0.875. The van der Waals surface area contributed by atoms with Crippen molar-refractivity contribution < 1.29 is 14.3 Å². The minimum absolute atomic E-state index is 0.0924. The lowest BCUT2D eigenvalue weighted by Gasteiger charge is -2.23. The molecular formula is C17H24N4O3. The van der Waals surface area contributed by atoms with E-state index in [0.29, 0.717) is 6.61 Å². The van der Waals surface area contributed by atoms with E-state index in [1.807, 2.05) is 18.3 Å². The number of carbonyl (C=O) groups is 1. The van der Waals surface area contributed by atoms with Crippen LogP contribution in [0.15, 0.2) is 18.3 Å². The lowest BCUT2D eigenvalue weighted by Crippen LogP contribution is -2.39. The topological polar surface area (TPSA) is 66.9 Å². The maximum absolute atomic E-state index is 11.1. The van der Waals surface area contributed by atoms with Gasteiger partial charge in [-0.2, -0.15) is 0 Å². The van der Waals surface area contributed by atoms with Crippen molar-refractivity contribution in [3.63, 3.8) is 0 Å². The van der Waals surface area contributed by atoms with Gasteiger partial charge in [0.05, 0.1) is 6.04 Å². The van der Waals surface area contributed by atoms with E-state index in [2.05, 4.69) is 20.1 Å². The number of pyridine rings is 1. The first kappa shape index (κ1) is 15.5. The van der Waals surface area contributed by atoms with Crippen LogP contribution in [0.5, 0.6) is 5.75 Å². The zero-order chi connectivity index (χ0) is 16.4. The number of hydrogen-bond acceptors (Lipinski definition) is 6. The van der Waals surface area contributed by atoms with Crippen molar-refractivity contribution in [3.05, 3.63) is 18.3 Å². The average molecular weight is 332 g/mol. The highest BCUT2D eigenvalue weighted by Crippen LogP contribution is 2.30. The third-order valence-electron chi connectivity index (χ3n) is 4.90. The molecule has 0 aromatic carbocycles. The third-order valence-corrected chi connectivity index (χ3v) is 4.90. The van der Waals surface area contributed by atoms with E-state index in [4.69, 9.17) is 9.47 Å². The van der Waals surface area contributed by atoms with Crippen LogP contribution in [0.2, 0.25) is 0 Å². The van der Waals surface area contributed by atoms with E-state index in [-0.39, 0.29) is 18.2 Å². The van der Waals surface area contributed by atoms with E-state index in [1.54, 1.807) is 0 Å². The van der Waals surface area contributed by atoms with Gasteiger partial charge in [0.25, 0.3) is 0 Å². The standard InChI is InChI=1S/C17H24N4O3/c22-17-19-13(12-23-17)10-20-9-5-14(11-20)24-15-4-3-6-18-16(15)21-7-1-2-8-21/h3-4,6,13-14H,1-2,5,7-12H2,(H,19,22). The maximum Gasteiger partial charge on any atom is 0.407 e. The molecule has 3 aliphatic heterocycles. The highest BCUT2D eigenvalue weighted by atomic mass is 16.6. The Bertz CT molecular complexity index is 591. The van der Waals surface area contributed by atoms with Crippen molar-refractivity contribution in [1.82, 2.24) is 15.2 Å². The summed E-state index contributed by atoms with van der Waals surface area (Å²) in [5.74, 6) is 1.87. The van der Waals surface area contributed by atoms with Crippen molar-refractivity contribution in [3.8, 4) is 5.75 Å². The number of hydrogen-bond donors (Lipinski definition) is 1. The van der Waals surface area contributed by atoms with Crippen molar-refractivity contribution in [2.24, 2.45) is 0 Å². The first-order chi connectivity index (χ1) is 11.8. The molecule has 2 unspecified atom stereocenters. The Morgan fingerprint density at radius 3 is 3.00 bits per heavy atom. The molecule has 3 aliphatic rings. The molecule has 0 radical (unpaired) electrons. The molecule has 1 aromatic rings. The molecule has 1 aromatic heterocycles. The second-order valence-electron chi connectivity index (χ2n) is 6.75. The minimum Gasteiger partial charge on any atom is -0.485 e. The fraction of sp³-hybridized carbons (Fsp3) is 0.647. The Morgan fingerprint density at radius 2 is 2.21 bits per heavy atom. The van der Waals surface area contributed by atoms with Crippen molar-refractivity contribution in [1.29, 1.82) is 0 Å². The number of nitrogens with one attached hydrogen (secondary N) is 1. The van der Waals surface area contributed by atoms with Crippen LogP contribution in [0.4, 0.5) is 10.6 Å². The van der Waals surface area contributed by atoms with Gasteiger partial charge in [-0.3, -0.25) is 4.90 Å². The van der Waals surface area contributed by atoms with Gasteiger partial charge in [0, 0.05) is 38.9 Å². The second-order valence-corrected chi connectivity index (χ2v) is 6.75. The monoisotopic (exact) mass is 332 g/mol. The summed E-state index contributed by atoms with van der Waals surface area (Å²) in [5.41, 5.74) is 0. The van der Waals surface area contributed by atoms with Crippen LogP contribution < -0.4 is 15.0 Å². The molecule has 1 N–H and O–H groups in total. The minimum atomic E-state index is -0.308. The molecule has 24 heavy (non-hydrogen) atoms. The van der Waals surface area contributed by atoms with Crippen molar-refractivity contribution in [2.75, 3.05) is 44.2 Å². The second kappa shape index (κ2) is 6.84. The summed E-state index contributed by atoms with van der Waals surface area (Å²) in [5, 5.41) is 2.83. The summed E-state index contributed by atoms with van der Waals surface area (Å²) < 4.78 is 11.2. The number of cyclic esters (lactones) is 1. The van der Waals surface area contributed by atoms with Gasteiger partial charge in [-0.15, -0.1) is 0 Å². The molecule has 2 atom stereocenters. The number of carbonyl (C=O) groups excluding carboxylic acids is 1. The van der Waals surface area contributed by atoms with E-state index >= 15 is 0 Å². The first-order valence-corrected chi connectivity index (χ1v) is 8.80. The van der Waals surface area contributed by atoms with Crippen LogP contribution in [-0.2, 0) is 4.74 Å². The van der Waals surface area contributed by atoms with E-state index in [0.717, 1.165) is 50.7 Å². The van der Waals surface area contributed by atoms with Gasteiger partial charge in [-0.25, -0.2) is 9.78 Å². The summed E-state index contributed by atoms with van der Waals surface area (Å²) in [6.45, 7) is 5.26.